The summed E-state index contributed by atoms with van der Waals surface area (Å²) in [5.74, 6) is 1.37. The molecule has 1 saturated heterocycles. The molecule has 1 fully saturated rings. The zero-order valence-corrected chi connectivity index (χ0v) is 14.8. The van der Waals surface area contributed by atoms with E-state index < -0.39 is 0 Å². The van der Waals surface area contributed by atoms with E-state index in [-0.39, 0.29) is 5.91 Å². The third-order valence-corrected chi connectivity index (χ3v) is 4.53. The molecule has 1 aliphatic rings. The number of rotatable bonds is 7. The van der Waals surface area contributed by atoms with E-state index in [4.69, 9.17) is 4.52 Å². The Kier molecular flexibility index (Phi) is 5.78. The van der Waals surface area contributed by atoms with Crippen LogP contribution in [0.25, 0.3) is 0 Å². The number of carbonyl (C=O) groups is 1. The van der Waals surface area contributed by atoms with Gasteiger partial charge in [-0.05, 0) is 19.0 Å². The van der Waals surface area contributed by atoms with Crippen LogP contribution in [0.1, 0.15) is 23.7 Å². The average molecular weight is 343 g/mol. The maximum atomic E-state index is 12.1. The van der Waals surface area contributed by atoms with Gasteiger partial charge in [0, 0.05) is 32.6 Å². The van der Waals surface area contributed by atoms with Crippen molar-refractivity contribution in [3.05, 3.63) is 47.6 Å². The van der Waals surface area contributed by atoms with Gasteiger partial charge in [0.2, 0.25) is 11.8 Å². The highest BCUT2D eigenvalue weighted by atomic mass is 16.5. The molecule has 1 aromatic carbocycles. The molecule has 1 atom stereocenters. The topological polar surface area (TPSA) is 74.5 Å². The Morgan fingerprint density at radius 2 is 2.20 bits per heavy atom. The summed E-state index contributed by atoms with van der Waals surface area (Å²) in [6, 6.07) is 10.4. The molecule has 1 N–H and O–H groups in total. The number of hydrogen-bond donors (Lipinski definition) is 1. The van der Waals surface area contributed by atoms with Gasteiger partial charge < -0.3 is 9.84 Å². The molecule has 0 radical (unpaired) electrons. The van der Waals surface area contributed by atoms with Crippen LogP contribution < -0.4 is 5.32 Å². The SMILES string of the molecule is Cc1nc(CN(C)C2CCN(CC(=O)NCc3ccccc3)C2)no1. The number of carbonyl (C=O) groups excluding carboxylic acids is 1. The van der Waals surface area contributed by atoms with E-state index in [2.05, 4.69) is 32.3 Å². The van der Waals surface area contributed by atoms with E-state index in [9.17, 15) is 4.79 Å². The smallest absolute Gasteiger partial charge is 0.234 e. The molecule has 1 unspecified atom stereocenters. The molecular weight excluding hydrogens is 318 g/mol. The second kappa shape index (κ2) is 8.22. The number of aryl methyl sites for hydroxylation is 1. The van der Waals surface area contributed by atoms with E-state index >= 15 is 0 Å². The van der Waals surface area contributed by atoms with Gasteiger partial charge in [-0.3, -0.25) is 14.6 Å². The van der Waals surface area contributed by atoms with Crippen LogP contribution in [0.2, 0.25) is 0 Å². The predicted octanol–water partition coefficient (Wildman–Crippen LogP) is 1.20. The molecule has 0 bridgehead atoms. The molecule has 2 aromatic rings. The van der Waals surface area contributed by atoms with Crippen LogP contribution in [0, 0.1) is 6.92 Å². The van der Waals surface area contributed by atoms with Crippen molar-refractivity contribution in [2.45, 2.75) is 32.5 Å². The number of benzene rings is 1. The lowest BCUT2D eigenvalue weighted by Gasteiger charge is -2.23. The van der Waals surface area contributed by atoms with Crippen molar-refractivity contribution < 1.29 is 9.32 Å². The van der Waals surface area contributed by atoms with Gasteiger partial charge in [0.25, 0.3) is 0 Å². The van der Waals surface area contributed by atoms with Crippen molar-refractivity contribution in [2.24, 2.45) is 0 Å². The number of aromatic nitrogens is 2. The minimum absolute atomic E-state index is 0.0703. The maximum Gasteiger partial charge on any atom is 0.234 e. The third-order valence-electron chi connectivity index (χ3n) is 4.53. The van der Waals surface area contributed by atoms with E-state index in [1.807, 2.05) is 30.3 Å². The van der Waals surface area contributed by atoms with Gasteiger partial charge in [-0.2, -0.15) is 4.98 Å². The summed E-state index contributed by atoms with van der Waals surface area (Å²) in [5.41, 5.74) is 1.12. The second-order valence-corrected chi connectivity index (χ2v) is 6.58. The summed E-state index contributed by atoms with van der Waals surface area (Å²) in [6.45, 7) is 5.29. The van der Waals surface area contributed by atoms with Crippen LogP contribution in [-0.2, 0) is 17.9 Å². The van der Waals surface area contributed by atoms with Crippen molar-refractivity contribution in [1.82, 2.24) is 25.3 Å². The highest BCUT2D eigenvalue weighted by Gasteiger charge is 2.27. The molecule has 7 heteroatoms. The Balaban J connectivity index is 1.40. The van der Waals surface area contributed by atoms with Crippen LogP contribution in [0.5, 0.6) is 0 Å². The normalized spacial score (nSPS) is 18.0. The highest BCUT2D eigenvalue weighted by Crippen LogP contribution is 2.15. The number of amides is 1. The summed E-state index contributed by atoms with van der Waals surface area (Å²) < 4.78 is 5.01. The fourth-order valence-electron chi connectivity index (χ4n) is 3.13. The van der Waals surface area contributed by atoms with Gasteiger partial charge >= 0.3 is 0 Å². The Bertz CT molecular complexity index is 688. The fraction of sp³-hybridized carbons (Fsp3) is 0.500. The lowest BCUT2D eigenvalue weighted by molar-refractivity contribution is -0.122. The van der Waals surface area contributed by atoms with Crippen molar-refractivity contribution >= 4 is 5.91 Å². The van der Waals surface area contributed by atoms with Gasteiger partial charge in [0.15, 0.2) is 5.82 Å². The molecule has 0 spiro atoms. The Labute approximate surface area is 148 Å². The number of likely N-dealkylation sites (tertiary alicyclic amines) is 1. The lowest BCUT2D eigenvalue weighted by atomic mass is 10.2. The maximum absolute atomic E-state index is 12.1. The molecule has 134 valence electrons. The minimum Gasteiger partial charge on any atom is -0.351 e. The van der Waals surface area contributed by atoms with Crippen LogP contribution in [0.15, 0.2) is 34.9 Å². The van der Waals surface area contributed by atoms with Crippen molar-refractivity contribution in [3.63, 3.8) is 0 Å². The van der Waals surface area contributed by atoms with Crippen LogP contribution >= 0.6 is 0 Å². The van der Waals surface area contributed by atoms with Gasteiger partial charge in [-0.15, -0.1) is 0 Å². The summed E-state index contributed by atoms with van der Waals surface area (Å²) in [4.78, 5) is 20.8. The first kappa shape index (κ1) is 17.6. The van der Waals surface area contributed by atoms with E-state index in [1.165, 1.54) is 0 Å². The molecule has 7 nitrogen and oxygen atoms in total. The first-order valence-electron chi connectivity index (χ1n) is 8.62. The summed E-state index contributed by atoms with van der Waals surface area (Å²) in [5, 5.41) is 6.93. The molecule has 0 aliphatic carbocycles. The molecule has 1 aliphatic heterocycles. The zero-order chi connectivity index (χ0) is 17.6. The largest absolute Gasteiger partial charge is 0.351 e. The lowest BCUT2D eigenvalue weighted by Crippen LogP contribution is -2.38. The standard InChI is InChI=1S/C18H25N5O2/c1-14-20-17(21-25-14)12-22(2)16-8-9-23(11-16)13-18(24)19-10-15-6-4-3-5-7-15/h3-7,16H,8-13H2,1-2H3,(H,19,24). The minimum atomic E-state index is 0.0703. The quantitative estimate of drug-likeness (QED) is 0.814. The Morgan fingerprint density at radius 3 is 2.92 bits per heavy atom. The predicted molar refractivity (Wildman–Crippen MR) is 93.6 cm³/mol. The molecular formula is C18H25N5O2. The monoisotopic (exact) mass is 343 g/mol. The number of hydrogen-bond acceptors (Lipinski definition) is 6. The summed E-state index contributed by atoms with van der Waals surface area (Å²) in [6.07, 6.45) is 1.04. The Hall–Kier alpha value is -2.25. The fourth-order valence-corrected chi connectivity index (χ4v) is 3.13. The van der Waals surface area contributed by atoms with Crippen LogP contribution in [0.3, 0.4) is 0 Å². The van der Waals surface area contributed by atoms with Crippen LogP contribution in [0.4, 0.5) is 0 Å². The zero-order valence-electron chi connectivity index (χ0n) is 14.8. The first-order chi connectivity index (χ1) is 12.1. The van der Waals surface area contributed by atoms with E-state index in [0.29, 0.717) is 37.4 Å². The number of nitrogens with zero attached hydrogens (tertiary/aromatic N) is 4. The second-order valence-electron chi connectivity index (χ2n) is 6.58. The highest BCUT2D eigenvalue weighted by molar-refractivity contribution is 5.78. The molecule has 0 saturated carbocycles. The third kappa shape index (κ3) is 5.11. The van der Waals surface area contributed by atoms with Gasteiger partial charge in [-0.1, -0.05) is 35.5 Å². The van der Waals surface area contributed by atoms with Crippen molar-refractivity contribution in [2.75, 3.05) is 26.7 Å². The molecule has 2 heterocycles. The van der Waals surface area contributed by atoms with E-state index in [0.717, 1.165) is 25.1 Å². The molecule has 1 aromatic heterocycles. The van der Waals surface area contributed by atoms with Crippen LogP contribution in [-0.4, -0.2) is 58.6 Å². The van der Waals surface area contributed by atoms with Gasteiger partial charge in [-0.25, -0.2) is 0 Å². The summed E-state index contributed by atoms with van der Waals surface area (Å²) >= 11 is 0. The number of nitrogens with one attached hydrogen (secondary N) is 1. The van der Waals surface area contributed by atoms with Gasteiger partial charge in [0.05, 0.1) is 13.1 Å². The van der Waals surface area contributed by atoms with E-state index in [1.54, 1.807) is 6.92 Å². The molecule has 25 heavy (non-hydrogen) atoms. The molecule has 1 amide bonds. The van der Waals surface area contributed by atoms with Gasteiger partial charge in [0.1, 0.15) is 0 Å². The van der Waals surface area contributed by atoms with Crippen molar-refractivity contribution in [3.8, 4) is 0 Å². The Morgan fingerprint density at radius 1 is 1.40 bits per heavy atom. The average Bonchev–Trinajstić information content (AvgIpc) is 3.23. The first-order valence-corrected chi connectivity index (χ1v) is 8.62. The van der Waals surface area contributed by atoms with Crippen molar-refractivity contribution in [1.29, 1.82) is 0 Å². The number of likely N-dealkylation sites (N-methyl/N-ethyl adjacent to an activating group) is 1. The molecule has 3 rings (SSSR count). The summed E-state index contributed by atoms with van der Waals surface area (Å²) in [7, 11) is 2.06.